The molecule has 0 aromatic rings. The van der Waals surface area contributed by atoms with Gasteiger partial charge >= 0.3 is 11.9 Å². The van der Waals surface area contributed by atoms with Gasteiger partial charge in [0.15, 0.2) is 0 Å². The lowest BCUT2D eigenvalue weighted by Crippen LogP contribution is -2.24. The summed E-state index contributed by atoms with van der Waals surface area (Å²) in [7, 11) is 0. The summed E-state index contributed by atoms with van der Waals surface area (Å²) in [5, 5.41) is 8.80. The lowest BCUT2D eigenvalue weighted by Gasteiger charge is -2.04. The van der Waals surface area contributed by atoms with Crippen LogP contribution in [0.5, 0.6) is 0 Å². The van der Waals surface area contributed by atoms with Crippen LogP contribution in [-0.2, 0) is 14.3 Å². The minimum Gasteiger partial charge on any atom is -0.393 e. The first kappa shape index (κ1) is 10.1. The number of hydrogen-bond donors (Lipinski definition) is 2. The van der Waals surface area contributed by atoms with E-state index in [0.717, 1.165) is 6.92 Å². The Morgan fingerprint density at radius 2 is 2.18 bits per heavy atom. The molecule has 64 valence electrons. The van der Waals surface area contributed by atoms with E-state index < -0.39 is 18.0 Å². The predicted molar refractivity (Wildman–Crippen MR) is 36.5 cm³/mol. The van der Waals surface area contributed by atoms with Gasteiger partial charge in [0.25, 0.3) is 0 Å². The molecule has 0 aliphatic rings. The third-order valence-electron chi connectivity index (χ3n) is 0.932. The van der Waals surface area contributed by atoms with Gasteiger partial charge in [-0.25, -0.2) is 0 Å². The van der Waals surface area contributed by atoms with Crippen LogP contribution in [0.4, 0.5) is 0 Å². The van der Waals surface area contributed by atoms with E-state index in [-0.39, 0.29) is 13.0 Å². The largest absolute Gasteiger partial charge is 0.393 e. The van der Waals surface area contributed by atoms with E-state index in [1.165, 1.54) is 0 Å². The van der Waals surface area contributed by atoms with Gasteiger partial charge in [0.05, 0.1) is 12.5 Å². The Hall–Kier alpha value is -0.940. The van der Waals surface area contributed by atoms with Crippen molar-refractivity contribution in [2.75, 3.05) is 6.54 Å². The molecule has 0 aromatic carbocycles. The average molecular weight is 161 g/mol. The molecular formula is C6H11NO4. The van der Waals surface area contributed by atoms with Crippen LogP contribution in [0.2, 0.25) is 0 Å². The van der Waals surface area contributed by atoms with Gasteiger partial charge in [0.2, 0.25) is 0 Å². The molecule has 1 unspecified atom stereocenters. The Balaban J connectivity index is 3.60. The molecule has 1 atom stereocenters. The van der Waals surface area contributed by atoms with Gasteiger partial charge in [0, 0.05) is 13.5 Å². The fourth-order valence-corrected chi connectivity index (χ4v) is 0.478. The SMILES string of the molecule is CC(=O)OC(=O)CC(O)CN. The molecule has 0 amide bonds. The third-order valence-corrected chi connectivity index (χ3v) is 0.932. The molecule has 0 saturated heterocycles. The van der Waals surface area contributed by atoms with E-state index in [1.54, 1.807) is 0 Å². The van der Waals surface area contributed by atoms with Crippen LogP contribution in [0.3, 0.4) is 0 Å². The number of carbonyl (C=O) groups is 2. The van der Waals surface area contributed by atoms with Crippen LogP contribution in [0.1, 0.15) is 13.3 Å². The fourth-order valence-electron chi connectivity index (χ4n) is 0.478. The molecule has 0 aromatic heterocycles. The lowest BCUT2D eigenvalue weighted by molar-refractivity contribution is -0.159. The molecule has 0 fully saturated rings. The van der Waals surface area contributed by atoms with Crippen molar-refractivity contribution in [3.8, 4) is 0 Å². The second kappa shape index (κ2) is 4.81. The number of carbonyl (C=O) groups excluding carboxylic acids is 2. The highest BCUT2D eigenvalue weighted by Gasteiger charge is 2.11. The predicted octanol–water partition coefficient (Wildman–Crippen LogP) is -1.21. The number of esters is 2. The highest BCUT2D eigenvalue weighted by atomic mass is 16.6. The van der Waals surface area contributed by atoms with Gasteiger partial charge in [-0.1, -0.05) is 0 Å². The Bertz CT molecular complexity index is 157. The quantitative estimate of drug-likeness (QED) is 0.400. The van der Waals surface area contributed by atoms with Gasteiger partial charge < -0.3 is 15.6 Å². The fraction of sp³-hybridized carbons (Fsp3) is 0.667. The summed E-state index contributed by atoms with van der Waals surface area (Å²) in [4.78, 5) is 20.7. The van der Waals surface area contributed by atoms with Crippen molar-refractivity contribution in [1.29, 1.82) is 0 Å². The van der Waals surface area contributed by atoms with Crippen LogP contribution in [0, 0.1) is 0 Å². The molecule has 0 saturated carbocycles. The first-order chi connectivity index (χ1) is 5.06. The molecule has 5 nitrogen and oxygen atoms in total. The van der Waals surface area contributed by atoms with Gasteiger partial charge in [-0.15, -0.1) is 0 Å². The highest BCUT2D eigenvalue weighted by molar-refractivity contribution is 5.84. The smallest absolute Gasteiger partial charge is 0.316 e. The van der Waals surface area contributed by atoms with Crippen LogP contribution < -0.4 is 5.73 Å². The first-order valence-electron chi connectivity index (χ1n) is 3.15. The zero-order valence-electron chi connectivity index (χ0n) is 6.24. The number of aliphatic hydroxyl groups excluding tert-OH is 1. The van der Waals surface area contributed by atoms with E-state index in [9.17, 15) is 9.59 Å². The normalized spacial score (nSPS) is 12.3. The number of ether oxygens (including phenoxy) is 1. The van der Waals surface area contributed by atoms with Crippen LogP contribution in [0.25, 0.3) is 0 Å². The monoisotopic (exact) mass is 161 g/mol. The Morgan fingerprint density at radius 1 is 1.64 bits per heavy atom. The maximum absolute atomic E-state index is 10.6. The average Bonchev–Trinajstić information content (AvgIpc) is 1.85. The van der Waals surface area contributed by atoms with Crippen molar-refractivity contribution < 1.29 is 19.4 Å². The van der Waals surface area contributed by atoms with Crippen molar-refractivity contribution in [3.63, 3.8) is 0 Å². The van der Waals surface area contributed by atoms with Crippen molar-refractivity contribution in [1.82, 2.24) is 0 Å². The number of nitrogens with two attached hydrogens (primary N) is 1. The van der Waals surface area contributed by atoms with E-state index in [1.807, 2.05) is 0 Å². The molecule has 0 aliphatic carbocycles. The summed E-state index contributed by atoms with van der Waals surface area (Å²) in [5.74, 6) is -1.44. The summed E-state index contributed by atoms with van der Waals surface area (Å²) < 4.78 is 4.13. The first-order valence-corrected chi connectivity index (χ1v) is 3.15. The van der Waals surface area contributed by atoms with Gasteiger partial charge in [-0.2, -0.15) is 0 Å². The van der Waals surface area contributed by atoms with Crippen molar-refractivity contribution in [2.45, 2.75) is 19.4 Å². The molecule has 0 radical (unpaired) electrons. The molecule has 0 bridgehead atoms. The minimum absolute atomic E-state index is 0.0208. The molecule has 0 heterocycles. The van der Waals surface area contributed by atoms with Gasteiger partial charge in [-0.05, 0) is 0 Å². The second-order valence-corrected chi connectivity index (χ2v) is 2.06. The molecule has 11 heavy (non-hydrogen) atoms. The summed E-state index contributed by atoms with van der Waals surface area (Å²) in [5.41, 5.74) is 5.01. The topological polar surface area (TPSA) is 89.6 Å². The van der Waals surface area contributed by atoms with E-state index in [2.05, 4.69) is 4.74 Å². The molecule has 0 rings (SSSR count). The highest BCUT2D eigenvalue weighted by Crippen LogP contribution is 1.92. The summed E-state index contributed by atoms with van der Waals surface area (Å²) in [6.07, 6.45) is -1.17. The van der Waals surface area contributed by atoms with Crippen LogP contribution >= 0.6 is 0 Å². The van der Waals surface area contributed by atoms with Gasteiger partial charge in [0.1, 0.15) is 0 Å². The number of rotatable bonds is 3. The molecular weight excluding hydrogens is 150 g/mol. The van der Waals surface area contributed by atoms with Crippen LogP contribution in [0.15, 0.2) is 0 Å². The van der Waals surface area contributed by atoms with E-state index in [4.69, 9.17) is 10.8 Å². The lowest BCUT2D eigenvalue weighted by atomic mass is 10.2. The number of aliphatic hydroxyl groups is 1. The van der Waals surface area contributed by atoms with Crippen molar-refractivity contribution in [2.24, 2.45) is 5.73 Å². The van der Waals surface area contributed by atoms with E-state index >= 15 is 0 Å². The minimum atomic E-state index is -0.929. The van der Waals surface area contributed by atoms with Crippen molar-refractivity contribution >= 4 is 11.9 Å². The zero-order valence-corrected chi connectivity index (χ0v) is 6.24. The summed E-state index contributed by atoms with van der Waals surface area (Å²) in [6.45, 7) is 1.10. The molecule has 0 spiro atoms. The Morgan fingerprint density at radius 3 is 2.55 bits per heavy atom. The van der Waals surface area contributed by atoms with Gasteiger partial charge in [-0.3, -0.25) is 9.59 Å². The number of hydrogen-bond acceptors (Lipinski definition) is 5. The van der Waals surface area contributed by atoms with Crippen molar-refractivity contribution in [3.05, 3.63) is 0 Å². The molecule has 5 heteroatoms. The maximum Gasteiger partial charge on any atom is 0.316 e. The standard InChI is InChI=1S/C6H11NO4/c1-4(8)11-6(10)2-5(9)3-7/h5,9H,2-3,7H2,1H3. The van der Waals surface area contributed by atoms with E-state index in [0.29, 0.717) is 0 Å². The zero-order chi connectivity index (χ0) is 8.85. The van der Waals surface area contributed by atoms with Crippen LogP contribution in [-0.4, -0.2) is 29.7 Å². The molecule has 3 N–H and O–H groups in total. The summed E-state index contributed by atoms with van der Waals surface area (Å²) in [6, 6.07) is 0. The summed E-state index contributed by atoms with van der Waals surface area (Å²) >= 11 is 0. The Kier molecular flexibility index (Phi) is 4.40. The third kappa shape index (κ3) is 5.50. The second-order valence-electron chi connectivity index (χ2n) is 2.06. The maximum atomic E-state index is 10.6. The molecule has 0 aliphatic heterocycles. The Labute approximate surface area is 64.1 Å².